The molecule has 0 fully saturated rings. The van der Waals surface area contributed by atoms with Crippen LogP contribution in [0.1, 0.15) is 22.8 Å². The molecule has 0 unspecified atom stereocenters. The summed E-state index contributed by atoms with van der Waals surface area (Å²) in [6.45, 7) is 5.15. The zero-order valence-corrected chi connectivity index (χ0v) is 10.8. The number of nitrogens with zero attached hydrogens (tertiary/aromatic N) is 2. The first-order chi connectivity index (χ1) is 8.84. The van der Waals surface area contributed by atoms with Gasteiger partial charge in [-0.1, -0.05) is 30.3 Å². The van der Waals surface area contributed by atoms with Crippen molar-refractivity contribution >= 4 is 0 Å². The molecule has 1 N–H and O–H groups in total. The molecule has 1 aromatic heterocycles. The van der Waals surface area contributed by atoms with E-state index in [1.807, 2.05) is 0 Å². The average Bonchev–Trinajstić information content (AvgIpc) is 2.73. The topological polar surface area (TPSA) is 29.9 Å². The van der Waals surface area contributed by atoms with Gasteiger partial charge in [0.25, 0.3) is 0 Å². The van der Waals surface area contributed by atoms with Gasteiger partial charge in [0.1, 0.15) is 5.82 Å². The van der Waals surface area contributed by atoms with E-state index in [0.717, 1.165) is 38.3 Å². The predicted octanol–water partition coefficient (Wildman–Crippen LogP) is 2.08. The first-order valence-electron chi connectivity index (χ1n) is 6.64. The van der Waals surface area contributed by atoms with E-state index < -0.39 is 0 Å². The Morgan fingerprint density at radius 3 is 2.94 bits per heavy atom. The van der Waals surface area contributed by atoms with E-state index >= 15 is 0 Å². The summed E-state index contributed by atoms with van der Waals surface area (Å²) in [6, 6.07) is 10.7. The molecule has 0 bridgehead atoms. The minimum Gasteiger partial charge on any atom is -0.332 e. The zero-order valence-electron chi connectivity index (χ0n) is 10.8. The summed E-state index contributed by atoms with van der Waals surface area (Å²) >= 11 is 0. The van der Waals surface area contributed by atoms with E-state index in [-0.39, 0.29) is 0 Å². The minimum atomic E-state index is 0.925. The van der Waals surface area contributed by atoms with Crippen molar-refractivity contribution in [2.75, 3.05) is 6.54 Å². The average molecular weight is 241 g/mol. The van der Waals surface area contributed by atoms with Gasteiger partial charge in [0.15, 0.2) is 0 Å². The standard InChI is InChI=1S/C15H19N3/c1-12-17-14-11-16-9-7-15(14)18(12)10-8-13-5-3-2-4-6-13/h2-6,16H,7-11H2,1H3. The molecule has 0 aliphatic carbocycles. The van der Waals surface area contributed by atoms with Gasteiger partial charge in [-0.3, -0.25) is 0 Å². The maximum Gasteiger partial charge on any atom is 0.106 e. The van der Waals surface area contributed by atoms with Gasteiger partial charge in [-0.15, -0.1) is 0 Å². The summed E-state index contributed by atoms with van der Waals surface area (Å²) < 4.78 is 2.39. The molecule has 0 atom stereocenters. The fourth-order valence-electron chi connectivity index (χ4n) is 2.69. The molecule has 1 aliphatic rings. The zero-order chi connectivity index (χ0) is 12.4. The molecular weight excluding hydrogens is 222 g/mol. The smallest absolute Gasteiger partial charge is 0.106 e. The Kier molecular flexibility index (Phi) is 3.15. The van der Waals surface area contributed by atoms with Gasteiger partial charge in [-0.2, -0.15) is 0 Å². The van der Waals surface area contributed by atoms with Crippen LogP contribution in [-0.2, 0) is 25.9 Å². The fraction of sp³-hybridized carbons (Fsp3) is 0.400. The second-order valence-electron chi connectivity index (χ2n) is 4.87. The Labute approximate surface area is 108 Å². The van der Waals surface area contributed by atoms with E-state index in [9.17, 15) is 0 Å². The van der Waals surface area contributed by atoms with E-state index in [4.69, 9.17) is 0 Å². The van der Waals surface area contributed by atoms with Crippen LogP contribution in [0, 0.1) is 6.92 Å². The molecule has 0 saturated heterocycles. The summed E-state index contributed by atoms with van der Waals surface area (Å²) in [5.41, 5.74) is 4.07. The van der Waals surface area contributed by atoms with Crippen molar-refractivity contribution in [1.29, 1.82) is 0 Å². The van der Waals surface area contributed by atoms with Crippen molar-refractivity contribution in [2.24, 2.45) is 0 Å². The van der Waals surface area contributed by atoms with Crippen molar-refractivity contribution in [2.45, 2.75) is 32.9 Å². The summed E-state index contributed by atoms with van der Waals surface area (Å²) in [7, 11) is 0. The summed E-state index contributed by atoms with van der Waals surface area (Å²) in [6.07, 6.45) is 2.18. The highest BCUT2D eigenvalue weighted by Gasteiger charge is 2.17. The van der Waals surface area contributed by atoms with Gasteiger partial charge >= 0.3 is 0 Å². The number of nitrogens with one attached hydrogen (secondary N) is 1. The Balaban J connectivity index is 1.78. The first-order valence-corrected chi connectivity index (χ1v) is 6.64. The van der Waals surface area contributed by atoms with Crippen molar-refractivity contribution in [1.82, 2.24) is 14.9 Å². The van der Waals surface area contributed by atoms with Crippen molar-refractivity contribution in [3.63, 3.8) is 0 Å². The molecule has 0 radical (unpaired) electrons. The fourth-order valence-corrected chi connectivity index (χ4v) is 2.69. The molecule has 0 saturated carbocycles. The monoisotopic (exact) mass is 241 g/mol. The highest BCUT2D eigenvalue weighted by molar-refractivity contribution is 5.21. The third-order valence-electron chi connectivity index (χ3n) is 3.64. The van der Waals surface area contributed by atoms with E-state index in [2.05, 4.69) is 52.1 Å². The Hall–Kier alpha value is -1.61. The van der Waals surface area contributed by atoms with Gasteiger partial charge in [0, 0.05) is 31.7 Å². The lowest BCUT2D eigenvalue weighted by Crippen LogP contribution is -2.25. The van der Waals surface area contributed by atoms with Gasteiger partial charge in [-0.25, -0.2) is 4.98 Å². The van der Waals surface area contributed by atoms with Crippen molar-refractivity contribution in [3.05, 3.63) is 53.1 Å². The van der Waals surface area contributed by atoms with Crippen LogP contribution in [0.2, 0.25) is 0 Å². The molecule has 18 heavy (non-hydrogen) atoms. The largest absolute Gasteiger partial charge is 0.332 e. The number of rotatable bonds is 3. The number of hydrogen-bond acceptors (Lipinski definition) is 2. The molecule has 0 spiro atoms. The minimum absolute atomic E-state index is 0.925. The normalized spacial score (nSPS) is 14.5. The second kappa shape index (κ2) is 4.94. The maximum absolute atomic E-state index is 4.66. The van der Waals surface area contributed by atoms with Crippen molar-refractivity contribution in [3.8, 4) is 0 Å². The van der Waals surface area contributed by atoms with Crippen LogP contribution in [0.15, 0.2) is 30.3 Å². The van der Waals surface area contributed by atoms with Crippen LogP contribution in [0.3, 0.4) is 0 Å². The highest BCUT2D eigenvalue weighted by Crippen LogP contribution is 2.16. The Morgan fingerprint density at radius 2 is 2.11 bits per heavy atom. The van der Waals surface area contributed by atoms with E-state index in [0.29, 0.717) is 0 Å². The summed E-state index contributed by atoms with van der Waals surface area (Å²) in [5, 5.41) is 3.38. The van der Waals surface area contributed by atoms with Crippen LogP contribution < -0.4 is 5.32 Å². The van der Waals surface area contributed by atoms with Crippen LogP contribution in [0.4, 0.5) is 0 Å². The first kappa shape index (κ1) is 11.5. The Morgan fingerprint density at radius 1 is 1.28 bits per heavy atom. The van der Waals surface area contributed by atoms with Gasteiger partial charge in [0.05, 0.1) is 5.69 Å². The maximum atomic E-state index is 4.66. The quantitative estimate of drug-likeness (QED) is 0.891. The lowest BCUT2D eigenvalue weighted by atomic mass is 10.1. The summed E-state index contributed by atoms with van der Waals surface area (Å²) in [4.78, 5) is 4.66. The lowest BCUT2D eigenvalue weighted by Gasteiger charge is -2.15. The number of benzene rings is 1. The van der Waals surface area contributed by atoms with Gasteiger partial charge < -0.3 is 9.88 Å². The molecule has 2 heterocycles. The lowest BCUT2D eigenvalue weighted by molar-refractivity contribution is 0.581. The van der Waals surface area contributed by atoms with Crippen molar-refractivity contribution < 1.29 is 0 Å². The molecule has 1 aromatic carbocycles. The number of hydrogen-bond donors (Lipinski definition) is 1. The third kappa shape index (κ3) is 2.18. The van der Waals surface area contributed by atoms with Crippen LogP contribution in [0.5, 0.6) is 0 Å². The number of aryl methyl sites for hydroxylation is 2. The number of fused-ring (bicyclic) bond motifs is 1. The second-order valence-corrected chi connectivity index (χ2v) is 4.87. The molecule has 3 rings (SSSR count). The van der Waals surface area contributed by atoms with E-state index in [1.54, 1.807) is 0 Å². The summed E-state index contributed by atoms with van der Waals surface area (Å²) in [5.74, 6) is 1.15. The molecular formula is C15H19N3. The molecule has 3 heteroatoms. The SMILES string of the molecule is Cc1nc2c(n1CCc1ccccc1)CCNC2. The molecule has 2 aromatic rings. The Bertz CT molecular complexity index is 528. The molecule has 94 valence electrons. The van der Waals surface area contributed by atoms with Crippen LogP contribution in [0.25, 0.3) is 0 Å². The van der Waals surface area contributed by atoms with Gasteiger partial charge in [-0.05, 0) is 18.9 Å². The number of imidazole rings is 1. The van der Waals surface area contributed by atoms with Crippen LogP contribution in [-0.4, -0.2) is 16.1 Å². The highest BCUT2D eigenvalue weighted by atomic mass is 15.1. The predicted molar refractivity (Wildman–Crippen MR) is 72.5 cm³/mol. The molecule has 3 nitrogen and oxygen atoms in total. The van der Waals surface area contributed by atoms with E-state index in [1.165, 1.54) is 17.0 Å². The number of aromatic nitrogens is 2. The molecule has 1 aliphatic heterocycles. The van der Waals surface area contributed by atoms with Crippen LogP contribution >= 0.6 is 0 Å². The third-order valence-corrected chi connectivity index (χ3v) is 3.64. The van der Waals surface area contributed by atoms with Gasteiger partial charge in [0.2, 0.25) is 0 Å². The molecule has 0 amide bonds.